The van der Waals surface area contributed by atoms with Gasteiger partial charge in [-0.05, 0) is 56.0 Å². The quantitative estimate of drug-likeness (QED) is 0.467. The Balaban J connectivity index is 1.58. The molecule has 1 saturated carbocycles. The van der Waals surface area contributed by atoms with Crippen LogP contribution in [0.4, 0.5) is 0 Å². The molecule has 0 aromatic heterocycles. The van der Waals surface area contributed by atoms with Crippen LogP contribution in [0, 0.1) is 12.8 Å². The van der Waals surface area contributed by atoms with E-state index in [2.05, 4.69) is 17.3 Å². The first-order valence-corrected chi connectivity index (χ1v) is 8.05. The topological polar surface area (TPSA) is 47.9 Å². The number of aryl methyl sites for hydroxylation is 1. The van der Waals surface area contributed by atoms with Gasteiger partial charge in [-0.3, -0.25) is 0 Å². The van der Waals surface area contributed by atoms with Gasteiger partial charge in [0.05, 0.1) is 18.4 Å². The predicted octanol–water partition coefficient (Wildman–Crippen LogP) is 4.34. The van der Waals surface area contributed by atoms with Gasteiger partial charge >= 0.3 is 5.97 Å². The maximum absolute atomic E-state index is 12.0. The van der Waals surface area contributed by atoms with E-state index >= 15 is 0 Å². The molecule has 1 fully saturated rings. The van der Waals surface area contributed by atoms with Crippen molar-refractivity contribution in [2.75, 3.05) is 7.11 Å². The Kier molecular flexibility index (Phi) is 4.65. The summed E-state index contributed by atoms with van der Waals surface area (Å²) in [4.78, 5) is 17.1. The third kappa shape index (κ3) is 3.65. The lowest BCUT2D eigenvalue weighted by molar-refractivity contribution is 0.0514. The fourth-order valence-electron chi connectivity index (χ4n) is 2.80. The Hall–Kier alpha value is -2.62. The van der Waals surface area contributed by atoms with Crippen molar-refractivity contribution in [2.45, 2.75) is 26.2 Å². The van der Waals surface area contributed by atoms with Gasteiger partial charge in [0.1, 0.15) is 5.75 Å². The van der Waals surface area contributed by atoms with E-state index in [9.17, 15) is 4.79 Å². The Morgan fingerprint density at radius 1 is 1.08 bits per heavy atom. The number of benzene rings is 2. The van der Waals surface area contributed by atoms with Gasteiger partial charge in [0, 0.05) is 5.92 Å². The van der Waals surface area contributed by atoms with Gasteiger partial charge < -0.3 is 9.57 Å². The van der Waals surface area contributed by atoms with E-state index in [0.717, 1.165) is 23.4 Å². The smallest absolute Gasteiger partial charge is 0.365 e. The molecule has 2 aromatic carbocycles. The molecule has 3 rings (SSSR count). The van der Waals surface area contributed by atoms with E-state index in [1.165, 1.54) is 5.56 Å². The highest BCUT2D eigenvalue weighted by atomic mass is 16.7. The van der Waals surface area contributed by atoms with Crippen molar-refractivity contribution >= 4 is 11.7 Å². The maximum atomic E-state index is 12.0. The van der Waals surface area contributed by atoms with Gasteiger partial charge in [-0.2, -0.15) is 0 Å². The highest BCUT2D eigenvalue weighted by Gasteiger charge is 2.40. The van der Waals surface area contributed by atoms with Crippen molar-refractivity contribution in [1.82, 2.24) is 0 Å². The first-order chi connectivity index (χ1) is 11.6. The van der Waals surface area contributed by atoms with Crippen LogP contribution >= 0.6 is 0 Å². The lowest BCUT2D eigenvalue weighted by Gasteiger charge is -2.03. The van der Waals surface area contributed by atoms with Gasteiger partial charge in [0.2, 0.25) is 0 Å². The summed E-state index contributed by atoms with van der Waals surface area (Å²) >= 11 is 0. The molecule has 0 radical (unpaired) electrons. The Morgan fingerprint density at radius 2 is 1.75 bits per heavy atom. The number of ether oxygens (including phenoxy) is 1. The van der Waals surface area contributed by atoms with Crippen LogP contribution < -0.4 is 4.74 Å². The number of carbonyl (C=O) groups is 1. The second-order valence-corrected chi connectivity index (χ2v) is 6.20. The SMILES string of the molecule is COc1ccc(C2CC2C(C)=NOC(=O)c2ccc(C)cc2)cc1. The summed E-state index contributed by atoms with van der Waals surface area (Å²) in [5.41, 5.74) is 3.74. The minimum atomic E-state index is -0.420. The zero-order chi connectivity index (χ0) is 17.1. The Morgan fingerprint density at radius 3 is 2.38 bits per heavy atom. The number of nitrogens with zero attached hydrogens (tertiary/aromatic N) is 1. The van der Waals surface area contributed by atoms with Gasteiger partial charge in [0.25, 0.3) is 0 Å². The first kappa shape index (κ1) is 16.2. The number of methoxy groups -OCH3 is 1. The van der Waals surface area contributed by atoms with E-state index in [-0.39, 0.29) is 0 Å². The molecule has 24 heavy (non-hydrogen) atoms. The van der Waals surface area contributed by atoms with E-state index in [1.54, 1.807) is 19.2 Å². The molecule has 4 nitrogen and oxygen atoms in total. The molecule has 1 aliphatic rings. The lowest BCUT2D eigenvalue weighted by atomic mass is 10.1. The predicted molar refractivity (Wildman–Crippen MR) is 93.5 cm³/mol. The zero-order valence-corrected chi connectivity index (χ0v) is 14.2. The Labute approximate surface area is 142 Å². The van der Waals surface area contributed by atoms with E-state index in [4.69, 9.17) is 9.57 Å². The van der Waals surface area contributed by atoms with Gasteiger partial charge in [-0.25, -0.2) is 4.79 Å². The van der Waals surface area contributed by atoms with Crippen molar-refractivity contribution in [2.24, 2.45) is 11.1 Å². The van der Waals surface area contributed by atoms with E-state index in [1.807, 2.05) is 38.1 Å². The molecule has 0 N–H and O–H groups in total. The van der Waals surface area contributed by atoms with E-state index < -0.39 is 5.97 Å². The van der Waals surface area contributed by atoms with Gasteiger partial charge in [-0.15, -0.1) is 0 Å². The fourth-order valence-corrected chi connectivity index (χ4v) is 2.80. The molecule has 2 atom stereocenters. The van der Waals surface area contributed by atoms with Crippen LogP contribution in [0.3, 0.4) is 0 Å². The summed E-state index contributed by atoms with van der Waals surface area (Å²) in [5, 5.41) is 4.04. The summed E-state index contributed by atoms with van der Waals surface area (Å²) in [6.07, 6.45) is 1.03. The summed E-state index contributed by atoms with van der Waals surface area (Å²) in [5.74, 6) is 1.21. The molecule has 2 aromatic rings. The van der Waals surface area contributed by atoms with Crippen LogP contribution in [0.15, 0.2) is 53.7 Å². The molecule has 124 valence electrons. The first-order valence-electron chi connectivity index (χ1n) is 8.05. The molecule has 0 amide bonds. The summed E-state index contributed by atoms with van der Waals surface area (Å²) in [6.45, 7) is 3.89. The van der Waals surface area contributed by atoms with Gasteiger partial charge in [-0.1, -0.05) is 35.0 Å². The van der Waals surface area contributed by atoms with Crippen LogP contribution in [0.2, 0.25) is 0 Å². The molecule has 0 bridgehead atoms. The van der Waals surface area contributed by atoms with Crippen molar-refractivity contribution in [3.63, 3.8) is 0 Å². The highest BCUT2D eigenvalue weighted by molar-refractivity contribution is 5.91. The second kappa shape index (κ2) is 6.87. The van der Waals surface area contributed by atoms with Crippen LogP contribution in [0.25, 0.3) is 0 Å². The zero-order valence-electron chi connectivity index (χ0n) is 14.2. The number of oxime groups is 1. The van der Waals surface area contributed by atoms with Crippen LogP contribution in [0.1, 0.15) is 40.7 Å². The molecule has 0 aliphatic heterocycles. The Bertz CT molecular complexity index is 747. The van der Waals surface area contributed by atoms with Crippen molar-refractivity contribution in [3.05, 3.63) is 65.2 Å². The minimum Gasteiger partial charge on any atom is -0.497 e. The molecule has 1 aliphatic carbocycles. The molecule has 4 heteroatoms. The largest absolute Gasteiger partial charge is 0.497 e. The monoisotopic (exact) mass is 323 g/mol. The summed E-state index contributed by atoms with van der Waals surface area (Å²) in [7, 11) is 1.66. The van der Waals surface area contributed by atoms with Crippen molar-refractivity contribution in [1.29, 1.82) is 0 Å². The standard InChI is InChI=1S/C20H21NO3/c1-13-4-6-16(7-5-13)20(22)24-21-14(2)18-12-19(18)15-8-10-17(23-3)11-9-15/h4-11,18-19H,12H2,1-3H3. The number of carbonyl (C=O) groups excluding carboxylic acids is 1. The molecular weight excluding hydrogens is 302 g/mol. The van der Waals surface area contributed by atoms with Crippen molar-refractivity contribution in [3.8, 4) is 5.75 Å². The fraction of sp³-hybridized carbons (Fsp3) is 0.300. The highest BCUT2D eigenvalue weighted by Crippen LogP contribution is 2.48. The third-order valence-corrected chi connectivity index (χ3v) is 4.43. The van der Waals surface area contributed by atoms with Gasteiger partial charge in [0.15, 0.2) is 0 Å². The maximum Gasteiger partial charge on any atom is 0.365 e. The molecule has 0 heterocycles. The third-order valence-electron chi connectivity index (χ3n) is 4.43. The van der Waals surface area contributed by atoms with Crippen LogP contribution in [-0.2, 0) is 4.84 Å². The number of hydrogen-bond acceptors (Lipinski definition) is 4. The van der Waals surface area contributed by atoms with Crippen molar-refractivity contribution < 1.29 is 14.4 Å². The molecule has 0 saturated heterocycles. The molecule has 2 unspecified atom stereocenters. The lowest BCUT2D eigenvalue weighted by Crippen LogP contribution is -2.04. The average Bonchev–Trinajstić information content (AvgIpc) is 3.41. The summed E-state index contributed by atoms with van der Waals surface area (Å²) < 4.78 is 5.18. The number of rotatable bonds is 5. The normalized spacial score (nSPS) is 19.7. The second-order valence-electron chi connectivity index (χ2n) is 6.20. The van der Waals surface area contributed by atoms with E-state index in [0.29, 0.717) is 17.4 Å². The van der Waals surface area contributed by atoms with Crippen LogP contribution in [-0.4, -0.2) is 18.8 Å². The molecule has 0 spiro atoms. The number of hydrogen-bond donors (Lipinski definition) is 0. The van der Waals surface area contributed by atoms with Crippen LogP contribution in [0.5, 0.6) is 5.75 Å². The summed E-state index contributed by atoms with van der Waals surface area (Å²) in [6, 6.07) is 15.4. The minimum absolute atomic E-state index is 0.337. The molecular formula is C20H21NO3. The average molecular weight is 323 g/mol.